The molecule has 1 aliphatic heterocycles. The molecule has 0 spiro atoms. The Labute approximate surface area is 160 Å². The van der Waals surface area contributed by atoms with E-state index in [1.165, 1.54) is 0 Å². The zero-order chi connectivity index (χ0) is 19.3. The molecule has 0 aromatic heterocycles. The fourth-order valence-corrected chi connectivity index (χ4v) is 5.03. The lowest BCUT2D eigenvalue weighted by Crippen LogP contribution is -2.40. The van der Waals surface area contributed by atoms with Crippen molar-refractivity contribution in [1.82, 2.24) is 4.90 Å². The van der Waals surface area contributed by atoms with E-state index in [-0.39, 0.29) is 23.5 Å². The van der Waals surface area contributed by atoms with E-state index in [4.69, 9.17) is 4.74 Å². The number of carbonyl (C=O) groups is 1. The number of benzene rings is 2. The van der Waals surface area contributed by atoms with Crippen LogP contribution in [0, 0.1) is 0 Å². The second-order valence-electron chi connectivity index (χ2n) is 6.82. The SMILES string of the molecule is CCCOc1ccccc1C(=O)N(Cc1ccccc1)[C@@H]1CCS(=O)(=O)C1. The third-order valence-corrected chi connectivity index (χ3v) is 6.44. The number of para-hydroxylation sites is 1. The first-order chi connectivity index (χ1) is 13.0. The Bertz CT molecular complexity index is 880. The molecule has 0 saturated carbocycles. The van der Waals surface area contributed by atoms with Crippen LogP contribution < -0.4 is 4.74 Å². The minimum Gasteiger partial charge on any atom is -0.493 e. The van der Waals surface area contributed by atoms with Gasteiger partial charge in [0.05, 0.1) is 23.7 Å². The number of sulfone groups is 1. The van der Waals surface area contributed by atoms with Gasteiger partial charge in [0, 0.05) is 12.6 Å². The molecular weight excluding hydrogens is 362 g/mol. The Morgan fingerprint density at radius 2 is 1.81 bits per heavy atom. The first-order valence-electron chi connectivity index (χ1n) is 9.27. The number of carbonyl (C=O) groups excluding carboxylic acids is 1. The highest BCUT2D eigenvalue weighted by molar-refractivity contribution is 7.91. The van der Waals surface area contributed by atoms with E-state index in [1.54, 1.807) is 23.1 Å². The molecule has 1 heterocycles. The van der Waals surface area contributed by atoms with E-state index < -0.39 is 9.84 Å². The van der Waals surface area contributed by atoms with E-state index >= 15 is 0 Å². The summed E-state index contributed by atoms with van der Waals surface area (Å²) in [4.78, 5) is 15.1. The summed E-state index contributed by atoms with van der Waals surface area (Å²) in [6.45, 7) is 2.91. The maximum atomic E-state index is 13.4. The molecule has 5 nitrogen and oxygen atoms in total. The maximum absolute atomic E-state index is 13.4. The van der Waals surface area contributed by atoms with Crippen molar-refractivity contribution in [2.75, 3.05) is 18.1 Å². The molecular formula is C21H25NO4S. The minimum absolute atomic E-state index is 0.0174. The summed E-state index contributed by atoms with van der Waals surface area (Å²) in [5.41, 5.74) is 1.45. The minimum atomic E-state index is -3.10. The Morgan fingerprint density at radius 1 is 1.11 bits per heavy atom. The number of nitrogens with zero attached hydrogens (tertiary/aromatic N) is 1. The summed E-state index contributed by atoms with van der Waals surface area (Å²) in [6.07, 6.45) is 1.32. The van der Waals surface area contributed by atoms with Gasteiger partial charge in [0.15, 0.2) is 9.84 Å². The normalized spacial score (nSPS) is 18.2. The summed E-state index contributed by atoms with van der Waals surface area (Å²) in [6, 6.07) is 16.5. The zero-order valence-corrected chi connectivity index (χ0v) is 16.3. The van der Waals surface area contributed by atoms with Crippen molar-refractivity contribution in [2.24, 2.45) is 0 Å². The predicted octanol–water partition coefficient (Wildman–Crippen LogP) is 3.30. The average Bonchev–Trinajstić information content (AvgIpc) is 3.04. The quantitative estimate of drug-likeness (QED) is 0.731. The van der Waals surface area contributed by atoms with Gasteiger partial charge in [-0.2, -0.15) is 0 Å². The molecule has 1 saturated heterocycles. The van der Waals surface area contributed by atoms with Crippen LogP contribution in [0.4, 0.5) is 0 Å². The highest BCUT2D eigenvalue weighted by Gasteiger charge is 2.35. The van der Waals surface area contributed by atoms with Gasteiger partial charge in [-0.25, -0.2) is 8.42 Å². The molecule has 3 rings (SSSR count). The maximum Gasteiger partial charge on any atom is 0.258 e. The molecule has 6 heteroatoms. The molecule has 2 aromatic carbocycles. The Hall–Kier alpha value is -2.34. The lowest BCUT2D eigenvalue weighted by Gasteiger charge is -2.29. The van der Waals surface area contributed by atoms with Crippen LogP contribution in [-0.4, -0.2) is 43.4 Å². The van der Waals surface area contributed by atoms with E-state index in [0.717, 1.165) is 12.0 Å². The molecule has 1 aliphatic rings. The first kappa shape index (κ1) is 19.4. The molecule has 0 N–H and O–H groups in total. The van der Waals surface area contributed by atoms with Crippen molar-refractivity contribution >= 4 is 15.7 Å². The topological polar surface area (TPSA) is 63.7 Å². The second-order valence-corrected chi connectivity index (χ2v) is 9.05. The molecule has 1 amide bonds. The fraction of sp³-hybridized carbons (Fsp3) is 0.381. The lowest BCUT2D eigenvalue weighted by atomic mass is 10.1. The van der Waals surface area contributed by atoms with Crippen molar-refractivity contribution < 1.29 is 17.9 Å². The lowest BCUT2D eigenvalue weighted by molar-refractivity contribution is 0.0676. The largest absolute Gasteiger partial charge is 0.493 e. The monoisotopic (exact) mass is 387 g/mol. The molecule has 2 aromatic rings. The van der Waals surface area contributed by atoms with Crippen molar-refractivity contribution in [3.8, 4) is 5.75 Å². The summed E-state index contributed by atoms with van der Waals surface area (Å²) in [5, 5.41) is 0. The number of rotatable bonds is 7. The predicted molar refractivity (Wildman–Crippen MR) is 106 cm³/mol. The van der Waals surface area contributed by atoms with Crippen LogP contribution in [0.1, 0.15) is 35.7 Å². The van der Waals surface area contributed by atoms with Crippen molar-refractivity contribution in [3.05, 3.63) is 65.7 Å². The highest BCUT2D eigenvalue weighted by atomic mass is 32.2. The second kappa shape index (κ2) is 8.57. The summed E-state index contributed by atoms with van der Waals surface area (Å²) in [7, 11) is -3.10. The van der Waals surface area contributed by atoms with Gasteiger partial charge in [0.2, 0.25) is 0 Å². The number of hydrogen-bond acceptors (Lipinski definition) is 4. The molecule has 0 radical (unpaired) electrons. The van der Waals surface area contributed by atoms with Crippen LogP contribution in [0.25, 0.3) is 0 Å². The van der Waals surface area contributed by atoms with Gasteiger partial charge in [-0.15, -0.1) is 0 Å². The smallest absolute Gasteiger partial charge is 0.258 e. The first-order valence-corrected chi connectivity index (χ1v) is 11.1. The van der Waals surface area contributed by atoms with Crippen LogP contribution in [0.15, 0.2) is 54.6 Å². The van der Waals surface area contributed by atoms with Crippen molar-refractivity contribution in [2.45, 2.75) is 32.4 Å². The number of hydrogen-bond donors (Lipinski definition) is 0. The number of amides is 1. The Kier molecular flexibility index (Phi) is 6.16. The van der Waals surface area contributed by atoms with Gasteiger partial charge in [0.1, 0.15) is 5.75 Å². The van der Waals surface area contributed by atoms with E-state index in [9.17, 15) is 13.2 Å². The van der Waals surface area contributed by atoms with Gasteiger partial charge in [-0.3, -0.25) is 4.79 Å². The fourth-order valence-electron chi connectivity index (χ4n) is 3.30. The number of ether oxygens (including phenoxy) is 1. The van der Waals surface area contributed by atoms with E-state index in [1.807, 2.05) is 43.3 Å². The van der Waals surface area contributed by atoms with Crippen LogP contribution in [0.5, 0.6) is 5.75 Å². The zero-order valence-electron chi connectivity index (χ0n) is 15.5. The van der Waals surface area contributed by atoms with Gasteiger partial charge < -0.3 is 9.64 Å². The van der Waals surface area contributed by atoms with Crippen molar-refractivity contribution in [1.29, 1.82) is 0 Å². The highest BCUT2D eigenvalue weighted by Crippen LogP contribution is 2.26. The Balaban J connectivity index is 1.91. The van der Waals surface area contributed by atoms with Crippen LogP contribution in [-0.2, 0) is 16.4 Å². The van der Waals surface area contributed by atoms with Gasteiger partial charge in [0.25, 0.3) is 5.91 Å². The van der Waals surface area contributed by atoms with E-state index in [0.29, 0.717) is 30.9 Å². The third-order valence-electron chi connectivity index (χ3n) is 4.68. The van der Waals surface area contributed by atoms with Crippen molar-refractivity contribution in [3.63, 3.8) is 0 Å². The molecule has 0 bridgehead atoms. The molecule has 27 heavy (non-hydrogen) atoms. The van der Waals surface area contributed by atoms with Crippen LogP contribution in [0.3, 0.4) is 0 Å². The molecule has 144 valence electrons. The van der Waals surface area contributed by atoms with Crippen LogP contribution in [0.2, 0.25) is 0 Å². The molecule has 1 fully saturated rings. The Morgan fingerprint density at radius 3 is 2.48 bits per heavy atom. The summed E-state index contributed by atoms with van der Waals surface area (Å²) < 4.78 is 29.8. The standard InChI is InChI=1S/C21H25NO4S/c1-2-13-26-20-11-7-6-10-19(20)21(23)22(15-17-8-4-3-5-9-17)18-12-14-27(24,25)16-18/h3-11,18H,2,12-16H2,1H3/t18-/m1/s1. The third kappa shape index (κ3) is 4.89. The van der Waals surface area contributed by atoms with Gasteiger partial charge >= 0.3 is 0 Å². The molecule has 0 aliphatic carbocycles. The summed E-state index contributed by atoms with van der Waals surface area (Å²) in [5.74, 6) is 0.504. The van der Waals surface area contributed by atoms with E-state index in [2.05, 4.69) is 0 Å². The summed E-state index contributed by atoms with van der Waals surface area (Å²) >= 11 is 0. The van der Waals surface area contributed by atoms with Crippen LogP contribution >= 0.6 is 0 Å². The molecule has 1 atom stereocenters. The van der Waals surface area contributed by atoms with Gasteiger partial charge in [-0.1, -0.05) is 49.4 Å². The van der Waals surface area contributed by atoms with Gasteiger partial charge in [-0.05, 0) is 30.5 Å². The average molecular weight is 388 g/mol. The molecule has 0 unspecified atom stereocenters.